The zero-order chi connectivity index (χ0) is 34.7. The summed E-state index contributed by atoms with van der Waals surface area (Å²) in [5.41, 5.74) is 3.05. The second-order valence-corrected chi connectivity index (χ2v) is 15.4. The van der Waals surface area contributed by atoms with Crippen LogP contribution in [-0.4, -0.2) is 51.5 Å². The summed E-state index contributed by atoms with van der Waals surface area (Å²) in [7, 11) is -4.27. The third-order valence-electron chi connectivity index (χ3n) is 8.72. The molecule has 0 N–H and O–H groups in total. The summed E-state index contributed by atoms with van der Waals surface area (Å²) in [5.74, 6) is 0.342. The van der Waals surface area contributed by atoms with Crippen LogP contribution in [0.25, 0.3) is 0 Å². The molecule has 274 valence electrons. The quantitative estimate of drug-likeness (QED) is 0.0416. The van der Waals surface area contributed by atoms with Gasteiger partial charge in [0.15, 0.2) is 6.20 Å². The first-order valence-corrected chi connectivity index (χ1v) is 20.9. The Kier molecular flexibility index (Phi) is 23.8. The summed E-state index contributed by atoms with van der Waals surface area (Å²) < 4.78 is 50.5. The van der Waals surface area contributed by atoms with Gasteiger partial charge in [0.05, 0.1) is 29.6 Å². The molecule has 2 atom stereocenters. The number of aryl methyl sites for hydroxylation is 2. The summed E-state index contributed by atoms with van der Waals surface area (Å²) in [6.45, 7) is 7.87. The molecule has 0 bridgehead atoms. The zero-order valence-corrected chi connectivity index (χ0v) is 31.4. The van der Waals surface area contributed by atoms with Crippen LogP contribution in [0.2, 0.25) is 0 Å². The van der Waals surface area contributed by atoms with Crippen LogP contribution in [0.5, 0.6) is 0 Å². The summed E-state index contributed by atoms with van der Waals surface area (Å²) in [6, 6.07) is 5.78. The van der Waals surface area contributed by atoms with Crippen molar-refractivity contribution in [2.45, 2.75) is 153 Å². The highest BCUT2D eigenvalue weighted by atomic mass is 32.2. The van der Waals surface area contributed by atoms with E-state index in [4.69, 9.17) is 14.2 Å². The van der Waals surface area contributed by atoms with Crippen molar-refractivity contribution in [2.75, 3.05) is 26.4 Å². The lowest BCUT2D eigenvalue weighted by molar-refractivity contribution is -0.692. The predicted molar refractivity (Wildman–Crippen MR) is 192 cm³/mol. The molecule has 1 aliphatic rings. The summed E-state index contributed by atoms with van der Waals surface area (Å²) in [5, 5.41) is 2.08. The Morgan fingerprint density at radius 3 is 2.06 bits per heavy atom. The molecule has 1 fully saturated rings. The molecular weight excluding hydrogens is 647 g/mol. The van der Waals surface area contributed by atoms with Crippen molar-refractivity contribution in [3.05, 3.63) is 46.9 Å². The minimum absolute atomic E-state index is 0.0357. The Morgan fingerprint density at radius 1 is 0.875 bits per heavy atom. The van der Waals surface area contributed by atoms with Crippen molar-refractivity contribution in [3.8, 4) is 0 Å². The summed E-state index contributed by atoms with van der Waals surface area (Å²) in [4.78, 5) is 11.8. The number of unbranched alkanes of at least 4 members (excludes halogenated alkanes) is 15. The molecule has 0 saturated carbocycles. The molecule has 3 rings (SSSR count). The lowest BCUT2D eigenvalue weighted by Gasteiger charge is -2.11. The van der Waals surface area contributed by atoms with Gasteiger partial charge in [-0.25, -0.2) is 8.42 Å². The Balaban J connectivity index is 0.000000613. The molecule has 0 radical (unpaired) electrons. The molecule has 0 aliphatic carbocycles. The van der Waals surface area contributed by atoms with Crippen LogP contribution in [0.3, 0.4) is 0 Å². The van der Waals surface area contributed by atoms with E-state index in [9.17, 15) is 17.8 Å². The van der Waals surface area contributed by atoms with Gasteiger partial charge in [-0.15, -0.1) is 0 Å². The second kappa shape index (κ2) is 26.9. The first-order valence-electron chi connectivity index (χ1n) is 18.6. The molecule has 0 spiro atoms. The maximum absolute atomic E-state index is 12.0. The van der Waals surface area contributed by atoms with Crippen LogP contribution in [-0.2, 0) is 35.7 Å². The SMILES string of the molecule is CCCCCCCCCCCCCCCCOCC1COC(COC(=O)CCCCC[n+]2ccsc2)C1.Cc1ccc(S(=O)(=O)[O-])cc1. The molecule has 48 heavy (non-hydrogen) atoms. The maximum Gasteiger partial charge on any atom is 0.305 e. The Morgan fingerprint density at radius 2 is 1.48 bits per heavy atom. The highest BCUT2D eigenvalue weighted by Crippen LogP contribution is 2.21. The van der Waals surface area contributed by atoms with Crippen LogP contribution in [0.15, 0.2) is 46.2 Å². The molecule has 10 heteroatoms. The third kappa shape index (κ3) is 22.0. The number of ether oxygens (including phenoxy) is 3. The van der Waals surface area contributed by atoms with E-state index in [-0.39, 0.29) is 17.0 Å². The maximum atomic E-state index is 12.0. The molecule has 1 saturated heterocycles. The fraction of sp³-hybridized carbons (Fsp3) is 0.737. The van der Waals surface area contributed by atoms with Gasteiger partial charge in [0.2, 0.25) is 5.51 Å². The van der Waals surface area contributed by atoms with Crippen LogP contribution in [0.1, 0.15) is 134 Å². The Bertz CT molecular complexity index is 1160. The fourth-order valence-electron chi connectivity index (χ4n) is 5.75. The van der Waals surface area contributed by atoms with Crippen LogP contribution < -0.4 is 4.57 Å². The van der Waals surface area contributed by atoms with Crippen molar-refractivity contribution in [2.24, 2.45) is 5.92 Å². The first kappa shape index (κ1) is 42.3. The molecule has 2 unspecified atom stereocenters. The van der Waals surface area contributed by atoms with Crippen molar-refractivity contribution in [1.82, 2.24) is 0 Å². The van der Waals surface area contributed by atoms with Gasteiger partial charge >= 0.3 is 5.97 Å². The van der Waals surface area contributed by atoms with E-state index >= 15 is 0 Å². The van der Waals surface area contributed by atoms with Crippen LogP contribution in [0, 0.1) is 12.8 Å². The summed E-state index contributed by atoms with van der Waals surface area (Å²) in [6.07, 6.45) is 26.0. The molecular formula is C38H63NO7S2. The van der Waals surface area contributed by atoms with Crippen LogP contribution in [0.4, 0.5) is 0 Å². The van der Waals surface area contributed by atoms with Crippen molar-refractivity contribution >= 4 is 27.4 Å². The van der Waals surface area contributed by atoms with E-state index in [1.54, 1.807) is 23.5 Å². The minimum atomic E-state index is -4.27. The first-order chi connectivity index (χ1) is 23.3. The van der Waals surface area contributed by atoms with E-state index in [1.165, 1.54) is 102 Å². The molecule has 2 heterocycles. The highest BCUT2D eigenvalue weighted by Gasteiger charge is 2.26. The number of benzene rings is 1. The largest absolute Gasteiger partial charge is 0.744 e. The molecule has 1 aliphatic heterocycles. The lowest BCUT2D eigenvalue weighted by Crippen LogP contribution is -2.29. The van der Waals surface area contributed by atoms with Gasteiger partial charge in [-0.2, -0.15) is 4.57 Å². The number of carbonyl (C=O) groups excluding carboxylic acids is 1. The van der Waals surface area contributed by atoms with Gasteiger partial charge in [0.1, 0.15) is 23.3 Å². The third-order valence-corrected chi connectivity index (χ3v) is 10.2. The van der Waals surface area contributed by atoms with E-state index in [0.717, 1.165) is 57.6 Å². The normalized spacial score (nSPS) is 16.1. The smallest absolute Gasteiger partial charge is 0.305 e. The van der Waals surface area contributed by atoms with E-state index in [2.05, 4.69) is 28.6 Å². The molecule has 8 nitrogen and oxygen atoms in total. The zero-order valence-electron chi connectivity index (χ0n) is 29.8. The second-order valence-electron chi connectivity index (χ2n) is 13.3. The number of hydrogen-bond acceptors (Lipinski definition) is 8. The lowest BCUT2D eigenvalue weighted by atomic mass is 10.0. The van der Waals surface area contributed by atoms with Crippen LogP contribution >= 0.6 is 11.3 Å². The van der Waals surface area contributed by atoms with Gasteiger partial charge in [-0.3, -0.25) is 4.79 Å². The monoisotopic (exact) mass is 709 g/mol. The number of thiazole rings is 1. The topological polar surface area (TPSA) is 106 Å². The average Bonchev–Trinajstić information content (AvgIpc) is 3.76. The minimum Gasteiger partial charge on any atom is -0.744 e. The van der Waals surface area contributed by atoms with E-state index < -0.39 is 10.1 Å². The van der Waals surface area contributed by atoms with E-state index in [0.29, 0.717) is 18.9 Å². The van der Waals surface area contributed by atoms with Crippen molar-refractivity contribution in [3.63, 3.8) is 0 Å². The standard InChI is InChI=1S/C31H56NO4S.C7H8O3S/c1-2-3-4-5-6-7-8-9-10-11-12-13-14-18-22-34-25-29-24-30(35-26-29)27-36-31(33)19-16-15-17-20-32-21-23-37-28-32;1-6-2-4-7(5-3-6)11(8,9)10/h21,23,28-30H,2-20,22,24-27H2,1H3;2-5H,1H3,(H,8,9,10)/q+1;/p-1. The molecule has 1 aromatic carbocycles. The number of esters is 1. The predicted octanol–water partition coefficient (Wildman–Crippen LogP) is 8.94. The van der Waals surface area contributed by atoms with Gasteiger partial charge in [0.25, 0.3) is 0 Å². The summed E-state index contributed by atoms with van der Waals surface area (Å²) >= 11 is 1.71. The number of nitrogens with zero attached hydrogens (tertiary/aromatic N) is 1. The van der Waals surface area contributed by atoms with Gasteiger partial charge < -0.3 is 18.8 Å². The number of hydrogen-bond donors (Lipinski definition) is 0. The molecule has 1 aromatic heterocycles. The molecule has 2 aromatic rings. The van der Waals surface area contributed by atoms with Crippen molar-refractivity contribution in [1.29, 1.82) is 0 Å². The van der Waals surface area contributed by atoms with Gasteiger partial charge in [0, 0.05) is 25.4 Å². The average molecular weight is 710 g/mol. The Labute approximate surface area is 295 Å². The van der Waals surface area contributed by atoms with Gasteiger partial charge in [-0.05, 0) is 44.7 Å². The van der Waals surface area contributed by atoms with E-state index in [1.807, 2.05) is 6.92 Å². The van der Waals surface area contributed by atoms with Crippen molar-refractivity contribution < 1.29 is 36.5 Å². The van der Waals surface area contributed by atoms with Gasteiger partial charge in [-0.1, -0.05) is 119 Å². The highest BCUT2D eigenvalue weighted by molar-refractivity contribution is 7.85. The Hall–Kier alpha value is -1.85. The molecule has 0 amide bonds. The fourth-order valence-corrected chi connectivity index (χ4v) is 6.85. The number of rotatable bonds is 26. The number of carbonyl (C=O) groups is 1. The number of aromatic nitrogens is 1.